The number of carbonyl (C=O) groups is 4. The Bertz CT molecular complexity index is 1300. The molecule has 0 saturated carbocycles. The van der Waals surface area contributed by atoms with Crippen LogP contribution in [0.3, 0.4) is 0 Å². The molecule has 0 aliphatic heterocycles. The molecule has 1 aromatic heterocycles. The summed E-state index contributed by atoms with van der Waals surface area (Å²) in [4.78, 5) is 60.6. The highest BCUT2D eigenvalue weighted by Gasteiger charge is 2.23. The quantitative estimate of drug-likeness (QED) is 0.0453. The van der Waals surface area contributed by atoms with Crippen LogP contribution in [0.2, 0.25) is 0 Å². The number of hydrogen-bond acceptors (Lipinski definition) is 11. The maximum Gasteiger partial charge on any atom is 0.336 e. The summed E-state index contributed by atoms with van der Waals surface area (Å²) < 4.78 is 5.08. The third-order valence-electron chi connectivity index (χ3n) is 6.95. The number of primary amides is 1. The van der Waals surface area contributed by atoms with Gasteiger partial charge in [0.1, 0.15) is 17.4 Å². The minimum atomic E-state index is -1.16. The predicted octanol–water partition coefficient (Wildman–Crippen LogP) is -1.30. The molecule has 0 spiro atoms. The van der Waals surface area contributed by atoms with E-state index in [9.17, 15) is 29.1 Å². The van der Waals surface area contributed by atoms with Crippen molar-refractivity contribution in [1.29, 1.82) is 0 Å². The van der Waals surface area contributed by atoms with Crippen LogP contribution in [0.15, 0.2) is 33.5 Å². The first-order valence-electron chi connectivity index (χ1n) is 15.9. The summed E-state index contributed by atoms with van der Waals surface area (Å²) in [5, 5.41) is 28.1. The normalized spacial score (nSPS) is 11.7. The first-order valence-corrected chi connectivity index (χ1v) is 15.9. The van der Waals surface area contributed by atoms with Crippen LogP contribution < -0.4 is 49.0 Å². The van der Waals surface area contributed by atoms with Gasteiger partial charge in [0, 0.05) is 30.6 Å². The lowest BCUT2D eigenvalue weighted by Crippen LogP contribution is -2.49. The topological polar surface area (TPSA) is 243 Å². The van der Waals surface area contributed by atoms with Gasteiger partial charge in [-0.2, -0.15) is 0 Å². The molecule has 1 atom stereocenters. The SMILES string of the molecule is NCCCCNCC(=O)NCCCNCCCNCCCCNC(=O)[C@H](CC(N)=O)NC(=O)Cc1cc(=O)oc2cc(O)ccc12. The Morgan fingerprint density at radius 2 is 1.41 bits per heavy atom. The van der Waals surface area contributed by atoms with E-state index < -0.39 is 29.4 Å². The van der Waals surface area contributed by atoms with E-state index in [0.29, 0.717) is 43.5 Å². The molecule has 46 heavy (non-hydrogen) atoms. The summed E-state index contributed by atoms with van der Waals surface area (Å²) in [6, 6.07) is 4.21. The molecule has 15 heteroatoms. The summed E-state index contributed by atoms with van der Waals surface area (Å²) in [6.07, 6.45) is 4.63. The second-order valence-corrected chi connectivity index (χ2v) is 11.0. The number of nitrogens with two attached hydrogens (primary N) is 2. The van der Waals surface area contributed by atoms with Gasteiger partial charge in [-0.05, 0) is 95.5 Å². The van der Waals surface area contributed by atoms with Crippen LogP contribution in [0.5, 0.6) is 5.75 Å². The van der Waals surface area contributed by atoms with E-state index in [2.05, 4.69) is 31.9 Å². The average Bonchev–Trinajstić information content (AvgIpc) is 3.00. The van der Waals surface area contributed by atoms with Gasteiger partial charge >= 0.3 is 5.63 Å². The standard InChI is InChI=1S/C31H50N8O7/c32-9-1-2-11-36-21-29(43)37-16-6-14-35-13-5-12-34-10-3-4-15-38-31(45)25(20-27(33)41)39-28(42)17-22-18-30(44)46-26-19-23(40)7-8-24(22)26/h7-8,18-19,25,34-36,40H,1-6,9-17,20-21,32H2,(H2,33,41)(H,37,43)(H,38,45)(H,39,42)/t25-/m0/s1. The van der Waals surface area contributed by atoms with E-state index in [0.717, 1.165) is 64.8 Å². The van der Waals surface area contributed by atoms with Gasteiger partial charge in [0.05, 0.1) is 19.4 Å². The van der Waals surface area contributed by atoms with Crippen LogP contribution in [0.25, 0.3) is 11.0 Å². The molecule has 1 aromatic carbocycles. The Morgan fingerprint density at radius 3 is 2.13 bits per heavy atom. The number of unbranched alkanes of at least 4 members (excludes halogenated alkanes) is 2. The molecular weight excluding hydrogens is 596 g/mol. The zero-order valence-corrected chi connectivity index (χ0v) is 26.5. The number of carbonyl (C=O) groups excluding carboxylic acids is 4. The van der Waals surface area contributed by atoms with Crippen molar-refractivity contribution in [2.75, 3.05) is 58.9 Å². The molecule has 15 nitrogen and oxygen atoms in total. The molecule has 0 aliphatic rings. The summed E-state index contributed by atoms with van der Waals surface area (Å²) in [5.41, 5.74) is 10.5. The zero-order valence-electron chi connectivity index (χ0n) is 26.5. The Kier molecular flexibility index (Phi) is 18.6. The maximum absolute atomic E-state index is 12.7. The molecule has 0 bridgehead atoms. The highest BCUT2D eigenvalue weighted by molar-refractivity contribution is 5.93. The number of amides is 4. The van der Waals surface area contributed by atoms with E-state index in [1.165, 1.54) is 24.3 Å². The Morgan fingerprint density at radius 1 is 0.783 bits per heavy atom. The highest BCUT2D eigenvalue weighted by atomic mass is 16.4. The van der Waals surface area contributed by atoms with Gasteiger partial charge in [-0.3, -0.25) is 19.2 Å². The van der Waals surface area contributed by atoms with Gasteiger partial charge in [-0.15, -0.1) is 0 Å². The third-order valence-corrected chi connectivity index (χ3v) is 6.95. The lowest BCUT2D eigenvalue weighted by molar-refractivity contribution is -0.131. The van der Waals surface area contributed by atoms with Crippen LogP contribution in [0.4, 0.5) is 0 Å². The molecule has 0 saturated heterocycles. The van der Waals surface area contributed by atoms with Gasteiger partial charge in [0.25, 0.3) is 0 Å². The monoisotopic (exact) mass is 646 g/mol. The fraction of sp³-hybridized carbons (Fsp3) is 0.581. The van der Waals surface area contributed by atoms with Crippen molar-refractivity contribution in [3.8, 4) is 5.75 Å². The van der Waals surface area contributed by atoms with E-state index in [-0.39, 0.29) is 30.1 Å². The summed E-state index contributed by atoms with van der Waals surface area (Å²) in [7, 11) is 0. The zero-order chi connectivity index (χ0) is 33.6. The lowest BCUT2D eigenvalue weighted by Gasteiger charge is -2.17. The molecular formula is C31H50N8O7. The second kappa shape index (κ2) is 22.5. The number of phenolic OH excluding ortho intramolecular Hbond substituents is 1. The van der Waals surface area contributed by atoms with Crippen LogP contribution in [-0.2, 0) is 25.6 Å². The van der Waals surface area contributed by atoms with Crippen molar-refractivity contribution in [2.45, 2.75) is 57.4 Å². The van der Waals surface area contributed by atoms with Gasteiger partial charge in [-0.1, -0.05) is 0 Å². The molecule has 2 aromatic rings. The number of hydrogen-bond donors (Lipinski definition) is 9. The number of fused-ring (bicyclic) bond motifs is 1. The molecule has 0 radical (unpaired) electrons. The van der Waals surface area contributed by atoms with Crippen molar-refractivity contribution >= 4 is 34.6 Å². The molecule has 0 unspecified atom stereocenters. The summed E-state index contributed by atoms with van der Waals surface area (Å²) in [5.74, 6) is -1.94. The number of phenols is 1. The van der Waals surface area contributed by atoms with Crippen molar-refractivity contribution < 1.29 is 28.7 Å². The van der Waals surface area contributed by atoms with Crippen LogP contribution >= 0.6 is 0 Å². The van der Waals surface area contributed by atoms with E-state index in [1.54, 1.807) is 0 Å². The van der Waals surface area contributed by atoms with Crippen molar-refractivity contribution in [3.05, 3.63) is 40.2 Å². The molecule has 0 fully saturated rings. The number of rotatable bonds is 25. The minimum absolute atomic E-state index is 0.00281. The Labute approximate surface area is 269 Å². The van der Waals surface area contributed by atoms with Crippen molar-refractivity contribution in [3.63, 3.8) is 0 Å². The summed E-state index contributed by atoms with van der Waals surface area (Å²) in [6.45, 7) is 6.11. The van der Waals surface area contributed by atoms with E-state index in [4.69, 9.17) is 15.9 Å². The Hall–Kier alpha value is -4.05. The minimum Gasteiger partial charge on any atom is -0.508 e. The van der Waals surface area contributed by atoms with Gasteiger partial charge in [-0.25, -0.2) is 4.79 Å². The fourth-order valence-corrected chi connectivity index (χ4v) is 4.59. The molecule has 256 valence electrons. The van der Waals surface area contributed by atoms with Gasteiger partial charge in [0.15, 0.2) is 0 Å². The summed E-state index contributed by atoms with van der Waals surface area (Å²) >= 11 is 0. The number of nitrogens with one attached hydrogen (secondary N) is 6. The predicted molar refractivity (Wildman–Crippen MR) is 175 cm³/mol. The van der Waals surface area contributed by atoms with Crippen molar-refractivity contribution in [1.82, 2.24) is 31.9 Å². The fourth-order valence-electron chi connectivity index (χ4n) is 4.59. The largest absolute Gasteiger partial charge is 0.508 e. The van der Waals surface area contributed by atoms with E-state index in [1.807, 2.05) is 0 Å². The molecule has 2 rings (SSSR count). The third kappa shape index (κ3) is 16.3. The smallest absolute Gasteiger partial charge is 0.336 e. The maximum atomic E-state index is 12.7. The van der Waals surface area contributed by atoms with Crippen LogP contribution in [0.1, 0.15) is 50.5 Å². The molecule has 4 amide bonds. The van der Waals surface area contributed by atoms with Gasteiger partial charge < -0.3 is 52.9 Å². The van der Waals surface area contributed by atoms with Crippen LogP contribution in [0, 0.1) is 0 Å². The molecule has 11 N–H and O–H groups in total. The number of benzene rings is 1. The Balaban J connectivity index is 1.55. The molecule has 1 heterocycles. The second-order valence-electron chi connectivity index (χ2n) is 11.0. The van der Waals surface area contributed by atoms with Crippen LogP contribution in [-0.4, -0.2) is 93.7 Å². The lowest BCUT2D eigenvalue weighted by atomic mass is 10.1. The highest BCUT2D eigenvalue weighted by Crippen LogP contribution is 2.22. The van der Waals surface area contributed by atoms with E-state index >= 15 is 0 Å². The average molecular weight is 647 g/mol. The van der Waals surface area contributed by atoms with Gasteiger partial charge in [0.2, 0.25) is 23.6 Å². The first-order chi connectivity index (χ1) is 22.2. The molecule has 0 aliphatic carbocycles. The van der Waals surface area contributed by atoms with Crippen molar-refractivity contribution in [2.24, 2.45) is 11.5 Å². The first kappa shape index (κ1) is 38.1. The number of aromatic hydroxyl groups is 1.